The maximum atomic E-state index is 10.6. The van der Waals surface area contributed by atoms with E-state index in [1.807, 2.05) is 19.1 Å². The summed E-state index contributed by atoms with van der Waals surface area (Å²) in [6.07, 6.45) is 6.27. The Morgan fingerprint density at radius 2 is 2.21 bits per heavy atom. The Balaban J connectivity index is 4.08. The molecule has 0 aromatic heterocycles. The van der Waals surface area contributed by atoms with Crippen molar-refractivity contribution in [3.05, 3.63) is 24.8 Å². The van der Waals surface area contributed by atoms with Gasteiger partial charge in [-0.3, -0.25) is 0 Å². The Kier molecular flexibility index (Phi) is 6.98. The molecule has 0 unspecified atom stereocenters. The summed E-state index contributed by atoms with van der Waals surface area (Å²) < 4.78 is 0. The standard InChI is InChI=1S/C11H19NO2/c1-4-5-6-7-9(2)11(14)10(8-13)12-3/h4-6,8-12,14H,1,7H2,2-3H3/b6-5-/t9-,10-,11-/m1/s1. The van der Waals surface area contributed by atoms with E-state index in [2.05, 4.69) is 11.9 Å². The summed E-state index contributed by atoms with van der Waals surface area (Å²) >= 11 is 0. The van der Waals surface area contributed by atoms with Crippen molar-refractivity contribution in [2.75, 3.05) is 7.05 Å². The Morgan fingerprint density at radius 3 is 2.64 bits per heavy atom. The summed E-state index contributed by atoms with van der Waals surface area (Å²) in [6, 6.07) is -0.484. The minimum Gasteiger partial charge on any atom is -0.391 e. The smallest absolute Gasteiger partial charge is 0.139 e. The van der Waals surface area contributed by atoms with E-state index >= 15 is 0 Å². The first-order chi connectivity index (χ1) is 6.67. The van der Waals surface area contributed by atoms with Crippen LogP contribution in [0.15, 0.2) is 24.8 Å². The molecule has 0 spiro atoms. The van der Waals surface area contributed by atoms with E-state index in [9.17, 15) is 9.90 Å². The zero-order valence-corrected chi connectivity index (χ0v) is 8.81. The van der Waals surface area contributed by atoms with Gasteiger partial charge in [-0.05, 0) is 19.4 Å². The largest absolute Gasteiger partial charge is 0.391 e. The van der Waals surface area contributed by atoms with Gasteiger partial charge in [0.1, 0.15) is 6.29 Å². The lowest BCUT2D eigenvalue weighted by Crippen LogP contribution is -2.42. The normalized spacial score (nSPS) is 17.6. The van der Waals surface area contributed by atoms with Crippen LogP contribution in [0.2, 0.25) is 0 Å². The molecule has 0 bridgehead atoms. The van der Waals surface area contributed by atoms with Crippen molar-refractivity contribution in [3.8, 4) is 0 Å². The van der Waals surface area contributed by atoms with Gasteiger partial charge >= 0.3 is 0 Å². The molecule has 0 aliphatic rings. The van der Waals surface area contributed by atoms with Gasteiger partial charge in [-0.25, -0.2) is 0 Å². The van der Waals surface area contributed by atoms with Crippen LogP contribution in [-0.2, 0) is 4.79 Å². The summed E-state index contributed by atoms with van der Waals surface area (Å²) in [6.45, 7) is 5.46. The predicted octanol–water partition coefficient (Wildman–Crippen LogP) is 0.903. The number of likely N-dealkylation sites (N-methyl/N-ethyl adjacent to an activating group) is 1. The summed E-state index contributed by atoms with van der Waals surface area (Å²) in [4.78, 5) is 10.6. The number of rotatable bonds is 7. The molecule has 0 fully saturated rings. The van der Waals surface area contributed by atoms with Crippen molar-refractivity contribution >= 4 is 6.29 Å². The molecule has 0 rings (SSSR count). The van der Waals surface area contributed by atoms with Crippen LogP contribution in [0, 0.1) is 5.92 Å². The molecule has 0 saturated heterocycles. The average molecular weight is 197 g/mol. The first-order valence-electron chi connectivity index (χ1n) is 4.75. The lowest BCUT2D eigenvalue weighted by molar-refractivity contribution is -0.112. The van der Waals surface area contributed by atoms with E-state index in [0.29, 0.717) is 0 Å². The van der Waals surface area contributed by atoms with E-state index in [4.69, 9.17) is 0 Å². The minimum atomic E-state index is -0.646. The Hall–Kier alpha value is -0.930. The molecule has 3 heteroatoms. The van der Waals surface area contributed by atoms with Crippen LogP contribution in [0.3, 0.4) is 0 Å². The quantitative estimate of drug-likeness (QED) is 0.471. The van der Waals surface area contributed by atoms with Crippen LogP contribution in [0.1, 0.15) is 13.3 Å². The molecule has 0 heterocycles. The van der Waals surface area contributed by atoms with Gasteiger partial charge in [0.2, 0.25) is 0 Å². The lowest BCUT2D eigenvalue weighted by atomic mass is 9.95. The van der Waals surface area contributed by atoms with E-state index in [0.717, 1.165) is 12.7 Å². The second kappa shape index (κ2) is 7.47. The zero-order chi connectivity index (χ0) is 11.0. The number of aliphatic hydroxyl groups is 1. The number of hydrogen-bond acceptors (Lipinski definition) is 3. The van der Waals surface area contributed by atoms with Crippen molar-refractivity contribution in [2.45, 2.75) is 25.5 Å². The SMILES string of the molecule is C=C/C=C\C[C@@H](C)[C@@H](O)[C@@H](C=O)NC. The number of aldehydes is 1. The van der Waals surface area contributed by atoms with E-state index in [1.165, 1.54) is 0 Å². The first kappa shape index (κ1) is 13.1. The molecule has 3 nitrogen and oxygen atoms in total. The van der Waals surface area contributed by atoms with Gasteiger partial charge in [0, 0.05) is 0 Å². The highest BCUT2D eigenvalue weighted by Crippen LogP contribution is 2.11. The Bertz CT molecular complexity index is 201. The monoisotopic (exact) mass is 197 g/mol. The first-order valence-corrected chi connectivity index (χ1v) is 4.75. The molecule has 0 aromatic carbocycles. The summed E-state index contributed by atoms with van der Waals surface area (Å²) in [7, 11) is 1.66. The maximum absolute atomic E-state index is 10.6. The fourth-order valence-electron chi connectivity index (χ4n) is 1.20. The third-order valence-corrected chi connectivity index (χ3v) is 2.21. The number of allylic oxidation sites excluding steroid dienone is 3. The molecule has 0 aromatic rings. The maximum Gasteiger partial charge on any atom is 0.139 e. The van der Waals surface area contributed by atoms with E-state index < -0.39 is 12.1 Å². The van der Waals surface area contributed by atoms with Gasteiger partial charge in [-0.15, -0.1) is 0 Å². The molecular weight excluding hydrogens is 178 g/mol. The molecule has 0 aliphatic heterocycles. The van der Waals surface area contributed by atoms with Crippen molar-refractivity contribution in [2.24, 2.45) is 5.92 Å². The van der Waals surface area contributed by atoms with Gasteiger partial charge in [0.15, 0.2) is 0 Å². The van der Waals surface area contributed by atoms with Gasteiger partial charge < -0.3 is 15.2 Å². The van der Waals surface area contributed by atoms with Crippen LogP contribution >= 0.6 is 0 Å². The van der Waals surface area contributed by atoms with Crippen LogP contribution in [0.25, 0.3) is 0 Å². The highest BCUT2D eigenvalue weighted by Gasteiger charge is 2.21. The number of carbonyl (C=O) groups is 1. The van der Waals surface area contributed by atoms with Crippen molar-refractivity contribution in [1.29, 1.82) is 0 Å². The molecule has 0 saturated carbocycles. The number of hydrogen-bond donors (Lipinski definition) is 2. The minimum absolute atomic E-state index is 0.0499. The topological polar surface area (TPSA) is 49.3 Å². The van der Waals surface area contributed by atoms with Gasteiger partial charge in [0.05, 0.1) is 12.1 Å². The molecule has 80 valence electrons. The highest BCUT2D eigenvalue weighted by atomic mass is 16.3. The molecule has 0 aliphatic carbocycles. The predicted molar refractivity (Wildman–Crippen MR) is 58.0 cm³/mol. The van der Waals surface area contributed by atoms with Crippen LogP contribution in [-0.4, -0.2) is 30.6 Å². The summed E-state index contributed by atoms with van der Waals surface area (Å²) in [5.74, 6) is 0.0499. The molecule has 2 N–H and O–H groups in total. The summed E-state index contributed by atoms with van der Waals surface area (Å²) in [5.41, 5.74) is 0. The fourth-order valence-corrected chi connectivity index (χ4v) is 1.20. The van der Waals surface area contributed by atoms with Crippen LogP contribution in [0.4, 0.5) is 0 Å². The summed E-state index contributed by atoms with van der Waals surface area (Å²) in [5, 5.41) is 12.5. The lowest BCUT2D eigenvalue weighted by Gasteiger charge is -2.22. The number of nitrogens with one attached hydrogen (secondary N) is 1. The van der Waals surface area contributed by atoms with Crippen LogP contribution in [0.5, 0.6) is 0 Å². The van der Waals surface area contributed by atoms with E-state index in [-0.39, 0.29) is 5.92 Å². The Labute approximate surface area is 85.5 Å². The zero-order valence-electron chi connectivity index (χ0n) is 8.81. The molecule has 14 heavy (non-hydrogen) atoms. The van der Waals surface area contributed by atoms with Crippen molar-refractivity contribution < 1.29 is 9.90 Å². The highest BCUT2D eigenvalue weighted by molar-refractivity contribution is 5.58. The fraction of sp³-hybridized carbons (Fsp3) is 0.545. The number of aliphatic hydroxyl groups excluding tert-OH is 1. The average Bonchev–Trinajstić information content (AvgIpc) is 2.19. The van der Waals surface area contributed by atoms with Crippen molar-refractivity contribution in [3.63, 3.8) is 0 Å². The second-order valence-corrected chi connectivity index (χ2v) is 3.32. The third kappa shape index (κ3) is 4.35. The molecular formula is C11H19NO2. The van der Waals surface area contributed by atoms with Crippen LogP contribution < -0.4 is 5.32 Å². The molecule has 3 atom stereocenters. The van der Waals surface area contributed by atoms with Gasteiger partial charge in [-0.2, -0.15) is 0 Å². The van der Waals surface area contributed by atoms with Gasteiger partial charge in [-0.1, -0.05) is 31.7 Å². The molecule has 0 amide bonds. The second-order valence-electron chi connectivity index (χ2n) is 3.32. The van der Waals surface area contributed by atoms with Gasteiger partial charge in [0.25, 0.3) is 0 Å². The number of carbonyl (C=O) groups excluding carboxylic acids is 1. The third-order valence-electron chi connectivity index (χ3n) is 2.21. The Morgan fingerprint density at radius 1 is 1.57 bits per heavy atom. The van der Waals surface area contributed by atoms with E-state index in [1.54, 1.807) is 13.1 Å². The molecule has 0 radical (unpaired) electrons. The van der Waals surface area contributed by atoms with Crippen molar-refractivity contribution in [1.82, 2.24) is 5.32 Å².